The normalized spacial score (nSPS) is 11.8. The molecule has 0 fully saturated rings. The molecule has 2 heterocycles. The van der Waals surface area contributed by atoms with Crippen molar-refractivity contribution >= 4 is 5.65 Å². The Bertz CT molecular complexity index is 794. The molecule has 0 saturated carbocycles. The standard InChI is InChI=1S/C15H12F3N3O/c16-15(17,18)22-12-3-1-11(2-4-12)13-7-10(8-19)9-21-6-5-20-14(13)21/h1-7,9H,8,19H2. The first kappa shape index (κ1) is 14.4. The fraction of sp³-hybridized carbons (Fsp3) is 0.133. The van der Waals surface area contributed by atoms with Gasteiger partial charge in [0.25, 0.3) is 0 Å². The van der Waals surface area contributed by atoms with Crippen molar-refractivity contribution in [2.75, 3.05) is 0 Å². The van der Waals surface area contributed by atoms with E-state index in [1.165, 1.54) is 12.1 Å². The molecular weight excluding hydrogens is 295 g/mol. The van der Waals surface area contributed by atoms with Gasteiger partial charge in [-0.3, -0.25) is 0 Å². The number of fused-ring (bicyclic) bond motifs is 1. The number of halogens is 3. The summed E-state index contributed by atoms with van der Waals surface area (Å²) in [6.07, 6.45) is 0.615. The predicted molar refractivity (Wildman–Crippen MR) is 75.2 cm³/mol. The summed E-state index contributed by atoms with van der Waals surface area (Å²) >= 11 is 0. The second kappa shape index (κ2) is 5.34. The van der Waals surface area contributed by atoms with Crippen molar-refractivity contribution in [3.63, 3.8) is 0 Å². The second-order valence-corrected chi connectivity index (χ2v) is 4.70. The Kier molecular flexibility index (Phi) is 3.50. The van der Waals surface area contributed by atoms with Crippen molar-refractivity contribution < 1.29 is 17.9 Å². The minimum absolute atomic E-state index is 0.259. The summed E-state index contributed by atoms with van der Waals surface area (Å²) in [4.78, 5) is 4.26. The monoisotopic (exact) mass is 307 g/mol. The topological polar surface area (TPSA) is 52.5 Å². The Hall–Kier alpha value is -2.54. The van der Waals surface area contributed by atoms with Gasteiger partial charge in [-0.25, -0.2) is 4.98 Å². The van der Waals surface area contributed by atoms with Crippen molar-refractivity contribution in [3.8, 4) is 16.9 Å². The summed E-state index contributed by atoms with van der Waals surface area (Å²) < 4.78 is 42.2. The van der Waals surface area contributed by atoms with Gasteiger partial charge in [0.15, 0.2) is 0 Å². The molecule has 0 radical (unpaired) electrons. The van der Waals surface area contributed by atoms with E-state index in [0.717, 1.165) is 16.7 Å². The number of benzene rings is 1. The number of nitrogens with two attached hydrogens (primary N) is 1. The molecule has 0 spiro atoms. The molecule has 0 aliphatic heterocycles. The SMILES string of the molecule is NCc1cc(-c2ccc(OC(F)(F)F)cc2)c2nccn2c1. The molecule has 0 saturated heterocycles. The summed E-state index contributed by atoms with van der Waals surface area (Å²) in [5.74, 6) is -0.259. The quantitative estimate of drug-likeness (QED) is 0.807. The number of hydrogen-bond donors (Lipinski definition) is 1. The van der Waals surface area contributed by atoms with Crippen molar-refractivity contribution in [1.29, 1.82) is 0 Å². The first-order valence-electron chi connectivity index (χ1n) is 6.48. The molecule has 4 nitrogen and oxygen atoms in total. The Labute approximate surface area is 124 Å². The fourth-order valence-electron chi connectivity index (χ4n) is 2.25. The molecule has 3 aromatic rings. The third kappa shape index (κ3) is 2.89. The van der Waals surface area contributed by atoms with Gasteiger partial charge in [0.05, 0.1) is 0 Å². The summed E-state index contributed by atoms with van der Waals surface area (Å²) in [7, 11) is 0. The Morgan fingerprint density at radius 2 is 1.91 bits per heavy atom. The van der Waals surface area contributed by atoms with Crippen molar-refractivity contribution in [2.24, 2.45) is 5.73 Å². The van der Waals surface area contributed by atoms with E-state index < -0.39 is 6.36 Å². The Morgan fingerprint density at radius 3 is 2.55 bits per heavy atom. The van der Waals surface area contributed by atoms with Gasteiger partial charge in [-0.1, -0.05) is 12.1 Å². The van der Waals surface area contributed by atoms with E-state index in [1.807, 2.05) is 16.7 Å². The smallest absolute Gasteiger partial charge is 0.406 e. The van der Waals surface area contributed by atoms with Crippen LogP contribution < -0.4 is 10.5 Å². The summed E-state index contributed by atoms with van der Waals surface area (Å²) in [6.45, 7) is 0.358. The van der Waals surface area contributed by atoms with Crippen LogP contribution in [0.4, 0.5) is 13.2 Å². The van der Waals surface area contributed by atoms with Gasteiger partial charge in [-0.15, -0.1) is 13.2 Å². The minimum atomic E-state index is -4.70. The fourth-order valence-corrected chi connectivity index (χ4v) is 2.25. The molecule has 22 heavy (non-hydrogen) atoms. The molecule has 0 aliphatic carbocycles. The number of imidazole rings is 1. The van der Waals surface area contributed by atoms with Crippen molar-refractivity contribution in [2.45, 2.75) is 12.9 Å². The third-order valence-electron chi connectivity index (χ3n) is 3.18. The van der Waals surface area contributed by atoms with Gasteiger partial charge >= 0.3 is 6.36 Å². The highest BCUT2D eigenvalue weighted by Gasteiger charge is 2.30. The van der Waals surface area contributed by atoms with Gasteiger partial charge < -0.3 is 14.9 Å². The van der Waals surface area contributed by atoms with Crippen LogP contribution in [0.25, 0.3) is 16.8 Å². The van der Waals surface area contributed by atoms with E-state index in [-0.39, 0.29) is 5.75 Å². The van der Waals surface area contributed by atoms with Crippen LogP contribution in [0.2, 0.25) is 0 Å². The maximum Gasteiger partial charge on any atom is 0.573 e. The highest BCUT2D eigenvalue weighted by Crippen LogP contribution is 2.29. The lowest BCUT2D eigenvalue weighted by Crippen LogP contribution is -2.16. The Balaban J connectivity index is 2.02. The zero-order chi connectivity index (χ0) is 15.7. The van der Waals surface area contributed by atoms with E-state index in [1.54, 1.807) is 24.5 Å². The third-order valence-corrected chi connectivity index (χ3v) is 3.18. The number of nitrogens with zero attached hydrogens (tertiary/aromatic N) is 2. The molecule has 0 amide bonds. The number of ether oxygens (including phenoxy) is 1. The lowest BCUT2D eigenvalue weighted by atomic mass is 10.0. The molecule has 0 bridgehead atoms. The lowest BCUT2D eigenvalue weighted by molar-refractivity contribution is -0.274. The van der Waals surface area contributed by atoms with Gasteiger partial charge in [-0.05, 0) is 29.3 Å². The summed E-state index contributed by atoms with van der Waals surface area (Å²) in [5.41, 5.74) is 8.82. The van der Waals surface area contributed by atoms with Crippen LogP contribution >= 0.6 is 0 Å². The van der Waals surface area contributed by atoms with E-state index in [0.29, 0.717) is 12.2 Å². The minimum Gasteiger partial charge on any atom is -0.406 e. The van der Waals surface area contributed by atoms with E-state index in [9.17, 15) is 13.2 Å². The predicted octanol–water partition coefficient (Wildman–Crippen LogP) is 3.36. The van der Waals surface area contributed by atoms with E-state index in [4.69, 9.17) is 5.73 Å². The number of pyridine rings is 1. The molecule has 0 aliphatic rings. The molecule has 1 aromatic carbocycles. The second-order valence-electron chi connectivity index (χ2n) is 4.70. The molecular formula is C15H12F3N3O. The van der Waals surface area contributed by atoms with Crippen LogP contribution in [0.15, 0.2) is 48.9 Å². The Morgan fingerprint density at radius 1 is 1.18 bits per heavy atom. The zero-order valence-corrected chi connectivity index (χ0v) is 11.3. The van der Waals surface area contributed by atoms with Gasteiger partial charge in [0, 0.05) is 30.7 Å². The molecule has 7 heteroatoms. The van der Waals surface area contributed by atoms with Crippen molar-refractivity contribution in [1.82, 2.24) is 9.38 Å². The van der Waals surface area contributed by atoms with E-state index in [2.05, 4.69) is 9.72 Å². The van der Waals surface area contributed by atoms with Gasteiger partial charge in [0.1, 0.15) is 11.4 Å². The number of aromatic nitrogens is 2. The maximum absolute atomic E-state index is 12.2. The molecule has 0 atom stereocenters. The average molecular weight is 307 g/mol. The van der Waals surface area contributed by atoms with Crippen molar-refractivity contribution in [3.05, 3.63) is 54.5 Å². The van der Waals surface area contributed by atoms with Gasteiger partial charge in [0.2, 0.25) is 0 Å². The molecule has 114 valence electrons. The summed E-state index contributed by atoms with van der Waals surface area (Å²) in [5, 5.41) is 0. The number of rotatable bonds is 3. The maximum atomic E-state index is 12.2. The largest absolute Gasteiger partial charge is 0.573 e. The molecule has 2 aromatic heterocycles. The van der Waals surface area contributed by atoms with E-state index >= 15 is 0 Å². The van der Waals surface area contributed by atoms with Crippen LogP contribution in [-0.4, -0.2) is 15.7 Å². The first-order valence-corrected chi connectivity index (χ1v) is 6.48. The molecule has 0 unspecified atom stereocenters. The highest BCUT2D eigenvalue weighted by atomic mass is 19.4. The van der Waals surface area contributed by atoms with Crippen LogP contribution in [0.5, 0.6) is 5.75 Å². The van der Waals surface area contributed by atoms with Crippen LogP contribution in [0.3, 0.4) is 0 Å². The van der Waals surface area contributed by atoms with Gasteiger partial charge in [-0.2, -0.15) is 0 Å². The number of hydrogen-bond acceptors (Lipinski definition) is 3. The number of alkyl halides is 3. The zero-order valence-electron chi connectivity index (χ0n) is 11.3. The highest BCUT2D eigenvalue weighted by molar-refractivity contribution is 5.78. The van der Waals surface area contributed by atoms with Crippen LogP contribution in [0.1, 0.15) is 5.56 Å². The lowest BCUT2D eigenvalue weighted by Gasteiger charge is -2.10. The molecule has 3 rings (SSSR count). The average Bonchev–Trinajstić information content (AvgIpc) is 2.93. The molecule has 2 N–H and O–H groups in total. The first-order chi connectivity index (χ1) is 10.5. The summed E-state index contributed by atoms with van der Waals surface area (Å²) in [6, 6.07) is 7.55. The van der Waals surface area contributed by atoms with Crippen LogP contribution in [0, 0.1) is 0 Å². The van der Waals surface area contributed by atoms with Crippen LogP contribution in [-0.2, 0) is 6.54 Å².